The molecule has 17 heavy (non-hydrogen) atoms. The summed E-state index contributed by atoms with van der Waals surface area (Å²) in [6, 6.07) is 10.0. The predicted octanol–water partition coefficient (Wildman–Crippen LogP) is 4.29. The zero-order valence-electron chi connectivity index (χ0n) is 10.8. The summed E-state index contributed by atoms with van der Waals surface area (Å²) in [5.74, 6) is 0.369. The molecule has 0 fully saturated rings. The minimum Gasteiger partial charge on any atom is -0.508 e. The van der Waals surface area contributed by atoms with Gasteiger partial charge < -0.3 is 5.11 Å². The number of hydrogen-bond acceptors (Lipinski definition) is 1. The van der Waals surface area contributed by atoms with Gasteiger partial charge in [-0.25, -0.2) is 0 Å². The van der Waals surface area contributed by atoms with Gasteiger partial charge in [-0.3, -0.25) is 0 Å². The van der Waals surface area contributed by atoms with Crippen LogP contribution in [0.5, 0.6) is 5.75 Å². The second-order valence-electron chi connectivity index (χ2n) is 4.67. The maximum atomic E-state index is 9.87. The molecular weight excluding hydrogens is 208 g/mol. The van der Waals surface area contributed by atoms with E-state index in [4.69, 9.17) is 0 Å². The Hall–Kier alpha value is -1.76. The van der Waals surface area contributed by atoms with E-state index in [1.165, 1.54) is 27.8 Å². The Morgan fingerprint density at radius 1 is 0.706 bits per heavy atom. The van der Waals surface area contributed by atoms with Gasteiger partial charge in [0, 0.05) is 0 Å². The van der Waals surface area contributed by atoms with Crippen LogP contribution in [0, 0.1) is 27.7 Å². The van der Waals surface area contributed by atoms with E-state index in [-0.39, 0.29) is 0 Å². The molecule has 2 aromatic rings. The summed E-state index contributed by atoms with van der Waals surface area (Å²) in [4.78, 5) is 0. The number of phenols is 1. The average molecular weight is 226 g/mol. The molecular formula is C16H18O. The van der Waals surface area contributed by atoms with Gasteiger partial charge in [0.2, 0.25) is 0 Å². The lowest BCUT2D eigenvalue weighted by Gasteiger charge is -2.16. The van der Waals surface area contributed by atoms with E-state index in [2.05, 4.69) is 39.0 Å². The Bertz CT molecular complexity index is 548. The molecule has 2 rings (SSSR count). The first kappa shape index (κ1) is 11.7. The number of aryl methyl sites for hydroxylation is 3. The van der Waals surface area contributed by atoms with Gasteiger partial charge in [0.1, 0.15) is 5.75 Å². The van der Waals surface area contributed by atoms with Crippen LogP contribution < -0.4 is 0 Å². The molecule has 0 aliphatic carbocycles. The molecule has 1 heteroatoms. The summed E-state index contributed by atoms with van der Waals surface area (Å²) < 4.78 is 0. The van der Waals surface area contributed by atoms with Crippen molar-refractivity contribution in [1.82, 2.24) is 0 Å². The van der Waals surface area contributed by atoms with Gasteiger partial charge in [-0.1, -0.05) is 24.3 Å². The number of benzene rings is 2. The minimum atomic E-state index is 0.369. The molecule has 0 amide bonds. The average Bonchev–Trinajstić information content (AvgIpc) is 2.28. The zero-order chi connectivity index (χ0) is 12.6. The minimum absolute atomic E-state index is 0.369. The lowest BCUT2D eigenvalue weighted by Crippen LogP contribution is -1.94. The van der Waals surface area contributed by atoms with Gasteiger partial charge >= 0.3 is 0 Å². The fraction of sp³-hybridized carbons (Fsp3) is 0.250. The Balaban J connectivity index is 2.82. The lowest BCUT2D eigenvalue weighted by molar-refractivity contribution is 0.471. The SMILES string of the molecule is Cc1cccc(C)c1-c1c(C)ccc(O)c1C. The van der Waals surface area contributed by atoms with Gasteiger partial charge in [-0.05, 0) is 67.1 Å². The molecule has 0 bridgehead atoms. The summed E-state index contributed by atoms with van der Waals surface area (Å²) in [5.41, 5.74) is 7.09. The summed E-state index contributed by atoms with van der Waals surface area (Å²) in [6.45, 7) is 8.30. The lowest BCUT2D eigenvalue weighted by atomic mass is 9.89. The van der Waals surface area contributed by atoms with Crippen LogP contribution in [-0.2, 0) is 0 Å². The smallest absolute Gasteiger partial charge is 0.119 e. The third kappa shape index (κ3) is 1.93. The maximum Gasteiger partial charge on any atom is 0.119 e. The van der Waals surface area contributed by atoms with Crippen molar-refractivity contribution in [1.29, 1.82) is 0 Å². The summed E-state index contributed by atoms with van der Waals surface area (Å²) in [7, 11) is 0. The molecule has 0 heterocycles. The molecule has 0 saturated heterocycles. The van der Waals surface area contributed by atoms with Crippen LogP contribution in [0.1, 0.15) is 22.3 Å². The van der Waals surface area contributed by atoms with E-state index in [0.717, 1.165) is 5.56 Å². The van der Waals surface area contributed by atoms with E-state index in [9.17, 15) is 5.11 Å². The molecule has 0 saturated carbocycles. The van der Waals surface area contributed by atoms with E-state index < -0.39 is 0 Å². The summed E-state index contributed by atoms with van der Waals surface area (Å²) in [6.07, 6.45) is 0. The van der Waals surface area contributed by atoms with Crippen molar-refractivity contribution in [3.8, 4) is 16.9 Å². The highest BCUT2D eigenvalue weighted by molar-refractivity contribution is 5.78. The third-order valence-electron chi connectivity index (χ3n) is 3.38. The van der Waals surface area contributed by atoms with Crippen LogP contribution in [0.25, 0.3) is 11.1 Å². The first-order chi connectivity index (χ1) is 8.02. The van der Waals surface area contributed by atoms with Crippen molar-refractivity contribution in [3.63, 3.8) is 0 Å². The largest absolute Gasteiger partial charge is 0.508 e. The van der Waals surface area contributed by atoms with Crippen molar-refractivity contribution in [2.45, 2.75) is 27.7 Å². The molecule has 1 nitrogen and oxygen atoms in total. The number of hydrogen-bond donors (Lipinski definition) is 1. The van der Waals surface area contributed by atoms with Gasteiger partial charge in [0.25, 0.3) is 0 Å². The molecule has 1 N–H and O–H groups in total. The standard InChI is InChI=1S/C16H18O/c1-10-6-5-7-11(2)15(10)16-12(3)8-9-14(17)13(16)4/h5-9,17H,1-4H3. The van der Waals surface area contributed by atoms with Crippen LogP contribution in [0.3, 0.4) is 0 Å². The monoisotopic (exact) mass is 226 g/mol. The Labute approximate surface area is 103 Å². The van der Waals surface area contributed by atoms with Crippen LogP contribution in [-0.4, -0.2) is 5.11 Å². The molecule has 0 radical (unpaired) electrons. The normalized spacial score (nSPS) is 10.6. The van der Waals surface area contributed by atoms with E-state index in [1.54, 1.807) is 6.07 Å². The summed E-state index contributed by atoms with van der Waals surface area (Å²) >= 11 is 0. The summed E-state index contributed by atoms with van der Waals surface area (Å²) in [5, 5.41) is 9.87. The molecule has 88 valence electrons. The topological polar surface area (TPSA) is 20.2 Å². The van der Waals surface area contributed by atoms with Crippen LogP contribution >= 0.6 is 0 Å². The van der Waals surface area contributed by atoms with Gasteiger partial charge in [0.05, 0.1) is 0 Å². The second kappa shape index (κ2) is 4.25. The molecule has 0 aliphatic rings. The molecule has 0 aliphatic heterocycles. The van der Waals surface area contributed by atoms with Crippen molar-refractivity contribution < 1.29 is 5.11 Å². The number of aromatic hydroxyl groups is 1. The van der Waals surface area contributed by atoms with Gasteiger partial charge in [-0.2, -0.15) is 0 Å². The highest BCUT2D eigenvalue weighted by Gasteiger charge is 2.12. The molecule has 0 spiro atoms. The van der Waals surface area contributed by atoms with E-state index in [1.807, 2.05) is 13.0 Å². The first-order valence-corrected chi connectivity index (χ1v) is 5.88. The number of rotatable bonds is 1. The van der Waals surface area contributed by atoms with E-state index >= 15 is 0 Å². The fourth-order valence-electron chi connectivity index (χ4n) is 2.43. The Morgan fingerprint density at radius 3 is 1.82 bits per heavy atom. The van der Waals surface area contributed by atoms with E-state index in [0.29, 0.717) is 5.75 Å². The molecule has 2 aromatic carbocycles. The Kier molecular flexibility index (Phi) is 2.93. The van der Waals surface area contributed by atoms with Crippen molar-refractivity contribution in [2.24, 2.45) is 0 Å². The quantitative estimate of drug-likeness (QED) is 0.769. The maximum absolute atomic E-state index is 9.87. The van der Waals surface area contributed by atoms with Crippen LogP contribution in [0.4, 0.5) is 0 Å². The first-order valence-electron chi connectivity index (χ1n) is 5.88. The highest BCUT2D eigenvalue weighted by atomic mass is 16.3. The van der Waals surface area contributed by atoms with Crippen molar-refractivity contribution in [2.75, 3.05) is 0 Å². The second-order valence-corrected chi connectivity index (χ2v) is 4.67. The number of phenolic OH excluding ortho intramolecular Hbond substituents is 1. The van der Waals surface area contributed by atoms with Crippen LogP contribution in [0.15, 0.2) is 30.3 Å². The molecule has 0 atom stereocenters. The van der Waals surface area contributed by atoms with Crippen molar-refractivity contribution >= 4 is 0 Å². The predicted molar refractivity (Wildman–Crippen MR) is 72.5 cm³/mol. The van der Waals surface area contributed by atoms with Crippen molar-refractivity contribution in [3.05, 3.63) is 52.6 Å². The van der Waals surface area contributed by atoms with Crippen LogP contribution in [0.2, 0.25) is 0 Å². The molecule has 0 unspecified atom stereocenters. The van der Waals surface area contributed by atoms with Gasteiger partial charge in [0.15, 0.2) is 0 Å². The molecule has 0 aromatic heterocycles. The highest BCUT2D eigenvalue weighted by Crippen LogP contribution is 2.36. The Morgan fingerprint density at radius 2 is 1.24 bits per heavy atom. The third-order valence-corrected chi connectivity index (χ3v) is 3.38. The fourth-order valence-corrected chi connectivity index (χ4v) is 2.43. The van der Waals surface area contributed by atoms with Gasteiger partial charge in [-0.15, -0.1) is 0 Å². The zero-order valence-corrected chi connectivity index (χ0v) is 10.8.